The normalized spacial score (nSPS) is 15.1. The maximum atomic E-state index is 2.35. The molecule has 0 spiro atoms. The van der Waals surface area contributed by atoms with Crippen molar-refractivity contribution in [3.05, 3.63) is 41.4 Å². The van der Waals surface area contributed by atoms with Gasteiger partial charge in [-0.15, -0.1) is 0 Å². The molecule has 16 heavy (non-hydrogen) atoms. The molecule has 0 bridgehead atoms. The molecule has 2 nitrogen and oxygen atoms in total. The minimum atomic E-state index is 0.974. The fraction of sp³-hybridized carbons (Fsp3) is 0.385. The van der Waals surface area contributed by atoms with Gasteiger partial charge in [0.1, 0.15) is 0 Å². The predicted octanol–water partition coefficient (Wildman–Crippen LogP) is 3.32. The Kier molecular flexibility index (Phi) is 3.91. The number of hydrazine groups is 1. The van der Waals surface area contributed by atoms with Crippen LogP contribution in [-0.4, -0.2) is 23.1 Å². The molecule has 0 saturated carbocycles. The number of fused-ring (bicyclic) bond motifs is 1. The van der Waals surface area contributed by atoms with Crippen LogP contribution in [0.25, 0.3) is 0 Å². The lowest BCUT2D eigenvalue weighted by Gasteiger charge is -2.31. The number of hydrogen-bond donors (Lipinski definition) is 0. The number of benzene rings is 1. The molecule has 1 aliphatic rings. The van der Waals surface area contributed by atoms with Gasteiger partial charge in [-0.1, -0.05) is 43.8 Å². The van der Waals surface area contributed by atoms with Crippen LogP contribution in [-0.2, 0) is 6.54 Å². The van der Waals surface area contributed by atoms with E-state index in [9.17, 15) is 0 Å². The van der Waals surface area contributed by atoms with E-state index in [-0.39, 0.29) is 0 Å². The number of rotatable bonds is 3. The van der Waals surface area contributed by atoms with Gasteiger partial charge in [0.2, 0.25) is 0 Å². The van der Waals surface area contributed by atoms with E-state index in [2.05, 4.69) is 59.7 Å². The quantitative estimate of drug-likeness (QED) is 0.792. The molecular formula is C13H18N2S. The molecule has 0 aliphatic carbocycles. The summed E-state index contributed by atoms with van der Waals surface area (Å²) < 4.78 is 0. The van der Waals surface area contributed by atoms with Gasteiger partial charge >= 0.3 is 0 Å². The van der Waals surface area contributed by atoms with Crippen molar-refractivity contribution in [1.29, 1.82) is 0 Å². The van der Waals surface area contributed by atoms with Crippen LogP contribution in [0.2, 0.25) is 0 Å². The van der Waals surface area contributed by atoms with Crippen molar-refractivity contribution in [2.24, 2.45) is 0 Å². The molecule has 0 amide bonds. The number of nitrogens with zero attached hydrogens (tertiary/aromatic N) is 2. The number of thioether (sulfide) groups is 1. The third-order valence-corrected chi connectivity index (χ3v) is 3.74. The lowest BCUT2D eigenvalue weighted by molar-refractivity contribution is 0.0249. The molecule has 0 fully saturated rings. The summed E-state index contributed by atoms with van der Waals surface area (Å²) in [4.78, 5) is 1.37. The second-order valence-corrected chi connectivity index (χ2v) is 4.69. The first-order chi connectivity index (χ1) is 7.85. The molecule has 1 aliphatic heterocycles. The molecule has 0 atom stereocenters. The summed E-state index contributed by atoms with van der Waals surface area (Å²) in [5, 5.41) is 6.82. The van der Waals surface area contributed by atoms with E-state index >= 15 is 0 Å². The van der Waals surface area contributed by atoms with Crippen LogP contribution in [0.3, 0.4) is 0 Å². The van der Waals surface area contributed by atoms with Crippen LogP contribution in [0.1, 0.15) is 19.4 Å². The summed E-state index contributed by atoms with van der Waals surface area (Å²) in [6.07, 6.45) is 2.18. The van der Waals surface area contributed by atoms with Gasteiger partial charge in [0.05, 0.1) is 6.54 Å². The lowest BCUT2D eigenvalue weighted by atomic mass is 10.2. The first kappa shape index (κ1) is 11.6. The molecule has 0 aromatic heterocycles. The van der Waals surface area contributed by atoms with Crippen LogP contribution in [0, 0.1) is 0 Å². The van der Waals surface area contributed by atoms with E-state index in [0.717, 1.165) is 19.6 Å². The highest BCUT2D eigenvalue weighted by Gasteiger charge is 2.13. The molecule has 86 valence electrons. The molecule has 1 heterocycles. The lowest BCUT2D eigenvalue weighted by Crippen LogP contribution is -2.38. The van der Waals surface area contributed by atoms with Crippen LogP contribution < -0.4 is 0 Å². The van der Waals surface area contributed by atoms with Gasteiger partial charge in [-0.2, -0.15) is 0 Å². The van der Waals surface area contributed by atoms with Crippen molar-refractivity contribution in [2.45, 2.75) is 25.3 Å². The van der Waals surface area contributed by atoms with Crippen molar-refractivity contribution in [1.82, 2.24) is 10.0 Å². The van der Waals surface area contributed by atoms with Gasteiger partial charge in [-0.25, -0.2) is 5.01 Å². The van der Waals surface area contributed by atoms with Crippen LogP contribution in [0.15, 0.2) is 40.8 Å². The molecule has 0 radical (unpaired) electrons. The summed E-state index contributed by atoms with van der Waals surface area (Å²) >= 11 is 1.80. The van der Waals surface area contributed by atoms with Crippen molar-refractivity contribution in [3.8, 4) is 0 Å². The Morgan fingerprint density at radius 3 is 2.75 bits per heavy atom. The van der Waals surface area contributed by atoms with Crippen LogP contribution >= 0.6 is 11.8 Å². The Labute approximate surface area is 102 Å². The van der Waals surface area contributed by atoms with Crippen molar-refractivity contribution in [2.75, 3.05) is 13.1 Å². The fourth-order valence-corrected chi connectivity index (χ4v) is 2.72. The van der Waals surface area contributed by atoms with Gasteiger partial charge < -0.3 is 5.01 Å². The van der Waals surface area contributed by atoms with Crippen molar-refractivity contribution >= 4 is 11.8 Å². The molecule has 0 unspecified atom stereocenters. The second-order valence-electron chi connectivity index (χ2n) is 3.75. The van der Waals surface area contributed by atoms with E-state index in [1.807, 2.05) is 0 Å². The smallest absolute Gasteiger partial charge is 0.0601 e. The van der Waals surface area contributed by atoms with E-state index in [0.29, 0.717) is 0 Å². The molecular weight excluding hydrogens is 216 g/mol. The average molecular weight is 234 g/mol. The average Bonchev–Trinajstić information content (AvgIpc) is 2.53. The Hall–Kier alpha value is -0.930. The summed E-state index contributed by atoms with van der Waals surface area (Å²) in [6.45, 7) is 7.46. The van der Waals surface area contributed by atoms with Crippen molar-refractivity contribution < 1.29 is 0 Å². The third-order valence-electron chi connectivity index (χ3n) is 2.83. The third kappa shape index (κ3) is 2.42. The summed E-state index contributed by atoms with van der Waals surface area (Å²) in [5.41, 5.74) is 1.41. The maximum Gasteiger partial charge on any atom is 0.0601 e. The van der Waals surface area contributed by atoms with E-state index in [4.69, 9.17) is 0 Å². The first-order valence-corrected chi connectivity index (χ1v) is 6.65. The van der Waals surface area contributed by atoms with Gasteiger partial charge in [0.25, 0.3) is 0 Å². The zero-order valence-electron chi connectivity index (χ0n) is 9.89. The van der Waals surface area contributed by atoms with E-state index < -0.39 is 0 Å². The van der Waals surface area contributed by atoms with Crippen LogP contribution in [0.4, 0.5) is 0 Å². The summed E-state index contributed by atoms with van der Waals surface area (Å²) in [5.74, 6) is 0. The summed E-state index contributed by atoms with van der Waals surface area (Å²) in [7, 11) is 0. The predicted molar refractivity (Wildman–Crippen MR) is 69.9 cm³/mol. The topological polar surface area (TPSA) is 6.48 Å². The minimum absolute atomic E-state index is 0.974. The van der Waals surface area contributed by atoms with Gasteiger partial charge in [0, 0.05) is 24.2 Å². The minimum Gasteiger partial charge on any atom is -0.308 e. The Balaban J connectivity index is 2.21. The van der Waals surface area contributed by atoms with Gasteiger partial charge in [-0.3, -0.25) is 0 Å². The maximum absolute atomic E-state index is 2.35. The Morgan fingerprint density at radius 1 is 1.25 bits per heavy atom. The SMILES string of the molecule is CCN(CC)N1C=CSc2ccccc2C1. The molecule has 3 heteroatoms. The zero-order valence-corrected chi connectivity index (χ0v) is 10.7. The molecule has 1 aromatic rings. The van der Waals surface area contributed by atoms with Crippen LogP contribution in [0.5, 0.6) is 0 Å². The number of hydrogen-bond acceptors (Lipinski definition) is 3. The van der Waals surface area contributed by atoms with Gasteiger partial charge in [0.15, 0.2) is 0 Å². The second kappa shape index (κ2) is 5.41. The molecule has 1 aromatic carbocycles. The molecule has 0 N–H and O–H groups in total. The van der Waals surface area contributed by atoms with E-state index in [1.165, 1.54) is 10.5 Å². The Bertz CT molecular complexity index is 372. The molecule has 0 saturated heterocycles. The largest absolute Gasteiger partial charge is 0.308 e. The highest BCUT2D eigenvalue weighted by Crippen LogP contribution is 2.28. The fourth-order valence-electron chi connectivity index (χ4n) is 1.93. The monoisotopic (exact) mass is 234 g/mol. The van der Waals surface area contributed by atoms with Crippen molar-refractivity contribution in [3.63, 3.8) is 0 Å². The summed E-state index contributed by atoms with van der Waals surface area (Å²) in [6, 6.07) is 8.62. The Morgan fingerprint density at radius 2 is 2.00 bits per heavy atom. The standard InChI is InChI=1S/C13H18N2S/c1-3-14(4-2)15-9-10-16-13-8-6-5-7-12(13)11-15/h5-10H,3-4,11H2,1-2H3. The zero-order chi connectivity index (χ0) is 11.4. The highest BCUT2D eigenvalue weighted by molar-refractivity contribution is 8.02. The van der Waals surface area contributed by atoms with Gasteiger partial charge in [-0.05, 0) is 17.0 Å². The highest BCUT2D eigenvalue weighted by atomic mass is 32.2. The molecule has 2 rings (SSSR count). The first-order valence-electron chi connectivity index (χ1n) is 5.78. The van der Waals surface area contributed by atoms with E-state index in [1.54, 1.807) is 11.8 Å².